The van der Waals surface area contributed by atoms with Crippen molar-refractivity contribution in [2.24, 2.45) is 22.7 Å². The molecule has 3 aliphatic heterocycles. The molecule has 5 aliphatic rings. The van der Waals surface area contributed by atoms with Gasteiger partial charge in [0.1, 0.15) is 6.61 Å². The second-order valence-corrected chi connectivity index (χ2v) is 10.1. The lowest BCUT2D eigenvalue weighted by Gasteiger charge is -2.59. The zero-order chi connectivity index (χ0) is 21.3. The molecule has 7 heteroatoms. The lowest BCUT2D eigenvalue weighted by Crippen LogP contribution is -2.62. The number of carbonyl (C=O) groups excluding carboxylic acids is 2. The highest BCUT2D eigenvalue weighted by Crippen LogP contribution is 2.76. The molecule has 2 spiro atoms. The summed E-state index contributed by atoms with van der Waals surface area (Å²) >= 11 is 0. The van der Waals surface area contributed by atoms with E-state index in [9.17, 15) is 9.59 Å². The molecule has 30 heavy (non-hydrogen) atoms. The van der Waals surface area contributed by atoms with E-state index in [2.05, 4.69) is 13.8 Å². The third kappa shape index (κ3) is 2.55. The second-order valence-electron chi connectivity index (χ2n) is 10.1. The van der Waals surface area contributed by atoms with E-state index in [-0.39, 0.29) is 28.9 Å². The maximum absolute atomic E-state index is 11.8. The van der Waals surface area contributed by atoms with Crippen LogP contribution in [0.5, 0.6) is 0 Å². The van der Waals surface area contributed by atoms with E-state index in [1.54, 1.807) is 13.2 Å². The van der Waals surface area contributed by atoms with Gasteiger partial charge < -0.3 is 23.7 Å². The molecule has 2 saturated heterocycles. The summed E-state index contributed by atoms with van der Waals surface area (Å²) in [6.07, 6.45) is 6.30. The minimum absolute atomic E-state index is 0.0277. The minimum Gasteiger partial charge on any atom is -0.458 e. The topological polar surface area (TPSA) is 83.6 Å². The van der Waals surface area contributed by atoms with Crippen LogP contribution in [0.4, 0.5) is 0 Å². The monoisotopic (exact) mass is 420 g/mol. The van der Waals surface area contributed by atoms with Crippen LogP contribution in [0.1, 0.15) is 59.3 Å². The van der Waals surface area contributed by atoms with Crippen LogP contribution >= 0.6 is 0 Å². The van der Waals surface area contributed by atoms with Gasteiger partial charge in [0.2, 0.25) is 6.29 Å². The van der Waals surface area contributed by atoms with Gasteiger partial charge >= 0.3 is 11.9 Å². The number of esters is 2. The number of methoxy groups -OCH3 is 1. The molecule has 0 radical (unpaired) electrons. The summed E-state index contributed by atoms with van der Waals surface area (Å²) in [7, 11) is 1.67. The SMILES string of the molecule is COC1OC(OC(C)=O)[C@]23O[C@H]2CC[C@H]2[C@](C)(CCC4=CC(=O)OC4)[C@@H](C)CC[C@]123. The first-order chi connectivity index (χ1) is 14.3. The Hall–Kier alpha value is -1.44. The van der Waals surface area contributed by atoms with Gasteiger partial charge in [0, 0.05) is 20.1 Å². The first-order valence-corrected chi connectivity index (χ1v) is 11.2. The van der Waals surface area contributed by atoms with Gasteiger partial charge in [-0.3, -0.25) is 4.79 Å². The van der Waals surface area contributed by atoms with Crippen LogP contribution in [0, 0.1) is 22.7 Å². The Balaban J connectivity index is 1.50. The average molecular weight is 421 g/mol. The minimum atomic E-state index is -0.714. The lowest BCUT2D eigenvalue weighted by molar-refractivity contribution is -0.231. The Labute approximate surface area is 177 Å². The first-order valence-electron chi connectivity index (χ1n) is 11.2. The van der Waals surface area contributed by atoms with E-state index in [4.69, 9.17) is 23.7 Å². The highest BCUT2D eigenvalue weighted by Gasteiger charge is 2.86. The quantitative estimate of drug-likeness (QED) is 0.499. The highest BCUT2D eigenvalue weighted by atomic mass is 16.8. The van der Waals surface area contributed by atoms with E-state index in [1.165, 1.54) is 6.92 Å². The summed E-state index contributed by atoms with van der Waals surface area (Å²) in [4.78, 5) is 23.3. The molecule has 4 fully saturated rings. The fraction of sp³-hybridized carbons (Fsp3) is 0.826. The maximum atomic E-state index is 11.8. The van der Waals surface area contributed by atoms with Crippen LogP contribution in [0.25, 0.3) is 0 Å². The predicted molar refractivity (Wildman–Crippen MR) is 105 cm³/mol. The smallest absolute Gasteiger partial charge is 0.331 e. The fourth-order valence-corrected chi connectivity index (χ4v) is 7.32. The van der Waals surface area contributed by atoms with E-state index < -0.39 is 18.2 Å². The Kier molecular flexibility index (Phi) is 4.62. The molecule has 8 atom stereocenters. The lowest BCUT2D eigenvalue weighted by atomic mass is 9.44. The molecule has 0 N–H and O–H groups in total. The summed E-state index contributed by atoms with van der Waals surface area (Å²) < 4.78 is 29.2. The molecule has 0 aromatic carbocycles. The summed E-state index contributed by atoms with van der Waals surface area (Å²) in [5.41, 5.74) is 0.167. The van der Waals surface area contributed by atoms with Crippen molar-refractivity contribution in [2.75, 3.05) is 13.7 Å². The third-order valence-electron chi connectivity index (χ3n) is 8.95. The number of rotatable bonds is 5. The average Bonchev–Trinajstić information content (AvgIpc) is 3.24. The van der Waals surface area contributed by atoms with Gasteiger partial charge in [-0.1, -0.05) is 13.8 Å². The number of epoxide rings is 1. The molecule has 2 saturated carbocycles. The van der Waals surface area contributed by atoms with Crippen molar-refractivity contribution in [3.8, 4) is 0 Å². The summed E-state index contributed by atoms with van der Waals surface area (Å²) in [5.74, 6) is 0.241. The van der Waals surface area contributed by atoms with Crippen molar-refractivity contribution < 1.29 is 33.3 Å². The number of hydrogen-bond donors (Lipinski definition) is 0. The molecule has 0 aromatic rings. The maximum Gasteiger partial charge on any atom is 0.331 e. The summed E-state index contributed by atoms with van der Waals surface area (Å²) in [5, 5.41) is 0. The van der Waals surface area contributed by atoms with Crippen molar-refractivity contribution in [1.82, 2.24) is 0 Å². The molecule has 2 unspecified atom stereocenters. The van der Waals surface area contributed by atoms with Crippen LogP contribution in [0.3, 0.4) is 0 Å². The van der Waals surface area contributed by atoms with Crippen LogP contribution in [0.2, 0.25) is 0 Å². The van der Waals surface area contributed by atoms with Gasteiger partial charge in [-0.05, 0) is 61.3 Å². The van der Waals surface area contributed by atoms with Gasteiger partial charge in [0.15, 0.2) is 11.9 Å². The van der Waals surface area contributed by atoms with Gasteiger partial charge in [-0.25, -0.2) is 4.79 Å². The van der Waals surface area contributed by atoms with E-state index in [1.807, 2.05) is 0 Å². The zero-order valence-electron chi connectivity index (χ0n) is 18.3. The Bertz CT molecular complexity index is 792. The molecule has 2 aliphatic carbocycles. The van der Waals surface area contributed by atoms with Crippen LogP contribution in [-0.2, 0) is 33.3 Å². The van der Waals surface area contributed by atoms with Crippen molar-refractivity contribution in [1.29, 1.82) is 0 Å². The van der Waals surface area contributed by atoms with Crippen LogP contribution in [0.15, 0.2) is 11.6 Å². The van der Waals surface area contributed by atoms with Gasteiger partial charge in [-0.2, -0.15) is 0 Å². The first kappa shape index (κ1) is 20.5. The number of cyclic esters (lactones) is 1. The normalized spacial score (nSPS) is 48.9. The third-order valence-corrected chi connectivity index (χ3v) is 8.95. The highest BCUT2D eigenvalue weighted by molar-refractivity contribution is 5.85. The van der Waals surface area contributed by atoms with Gasteiger partial charge in [-0.15, -0.1) is 0 Å². The standard InChI is InChI=1S/C23H32O7/c1-13-7-10-22-16(21(13,3)9-8-15-11-18(25)27-12-15)5-6-17-23(22,30-17)20(28-14(2)24)29-19(22)26-4/h11,13,16-17,19-20H,5-10,12H2,1-4H3/t13-,16-,17-,19?,20?,21+,22+,23+/m0/s1. The molecule has 7 nitrogen and oxygen atoms in total. The molecule has 166 valence electrons. The van der Waals surface area contributed by atoms with Gasteiger partial charge in [0.05, 0.1) is 11.5 Å². The Morgan fingerprint density at radius 3 is 2.73 bits per heavy atom. The molecular formula is C23H32O7. The zero-order valence-corrected chi connectivity index (χ0v) is 18.3. The van der Waals surface area contributed by atoms with Crippen molar-refractivity contribution >= 4 is 11.9 Å². The van der Waals surface area contributed by atoms with E-state index >= 15 is 0 Å². The van der Waals surface area contributed by atoms with E-state index in [0.29, 0.717) is 18.4 Å². The summed E-state index contributed by atoms with van der Waals surface area (Å²) in [6, 6.07) is 0. The molecule has 0 bridgehead atoms. The van der Waals surface area contributed by atoms with E-state index in [0.717, 1.165) is 44.1 Å². The molecule has 0 amide bonds. The van der Waals surface area contributed by atoms with Gasteiger partial charge in [0.25, 0.3) is 0 Å². The largest absolute Gasteiger partial charge is 0.458 e. The molecule has 3 heterocycles. The molecule has 5 rings (SSSR count). The predicted octanol–water partition coefficient (Wildman–Crippen LogP) is 3.11. The van der Waals surface area contributed by atoms with Crippen molar-refractivity contribution in [3.63, 3.8) is 0 Å². The Morgan fingerprint density at radius 1 is 1.27 bits per heavy atom. The fourth-order valence-electron chi connectivity index (χ4n) is 7.32. The molecule has 0 aromatic heterocycles. The van der Waals surface area contributed by atoms with Crippen LogP contribution in [-0.4, -0.2) is 49.9 Å². The summed E-state index contributed by atoms with van der Waals surface area (Å²) in [6.45, 7) is 6.54. The second kappa shape index (κ2) is 6.78. The van der Waals surface area contributed by atoms with Crippen molar-refractivity contribution in [3.05, 3.63) is 11.6 Å². The number of hydrogen-bond acceptors (Lipinski definition) is 7. The number of carbonyl (C=O) groups is 2. The number of ether oxygens (including phenoxy) is 5. The van der Waals surface area contributed by atoms with Crippen molar-refractivity contribution in [2.45, 2.75) is 83.6 Å². The molecular weight excluding hydrogens is 388 g/mol. The Morgan fingerprint density at radius 2 is 2.07 bits per heavy atom. The van der Waals surface area contributed by atoms with Crippen LogP contribution < -0.4 is 0 Å².